The molecule has 0 unspecified atom stereocenters. The zero-order valence-electron chi connectivity index (χ0n) is 11.1. The average Bonchev–Trinajstić information content (AvgIpc) is 2.25. The number of Topliss-reactive ketones (excluding diaryl/α,β-unsaturated/α-hetero) is 1. The maximum absolute atomic E-state index is 12.2. The minimum absolute atomic E-state index is 0.0498. The lowest BCUT2D eigenvalue weighted by Crippen LogP contribution is -2.15. The van der Waals surface area contributed by atoms with Crippen molar-refractivity contribution in [1.82, 2.24) is 0 Å². The first-order valence-corrected chi connectivity index (χ1v) is 5.81. The number of phenols is 1. The number of fused-ring (bicyclic) bond motifs is 1. The van der Waals surface area contributed by atoms with Gasteiger partial charge in [0.15, 0.2) is 5.78 Å². The zero-order chi connectivity index (χ0) is 15.0. The summed E-state index contributed by atoms with van der Waals surface area (Å²) in [7, 11) is 0. The molecule has 1 aromatic heterocycles. The highest BCUT2D eigenvalue weighted by Gasteiger charge is 2.19. The Morgan fingerprint density at radius 3 is 2.45 bits per heavy atom. The van der Waals surface area contributed by atoms with E-state index in [1.54, 1.807) is 0 Å². The molecule has 0 aliphatic carbocycles. The van der Waals surface area contributed by atoms with Crippen LogP contribution in [0.3, 0.4) is 0 Å². The van der Waals surface area contributed by atoms with Gasteiger partial charge >= 0.3 is 5.97 Å². The van der Waals surface area contributed by atoms with Gasteiger partial charge in [-0.2, -0.15) is 0 Å². The van der Waals surface area contributed by atoms with Crippen LogP contribution >= 0.6 is 0 Å². The van der Waals surface area contributed by atoms with E-state index in [4.69, 9.17) is 9.15 Å². The van der Waals surface area contributed by atoms with Gasteiger partial charge in [-0.05, 0) is 13.8 Å². The largest absolute Gasteiger partial charge is 0.507 e. The van der Waals surface area contributed by atoms with Crippen molar-refractivity contribution in [2.24, 2.45) is 0 Å². The fourth-order valence-corrected chi connectivity index (χ4v) is 2.02. The van der Waals surface area contributed by atoms with Crippen LogP contribution in [0.5, 0.6) is 11.5 Å². The Balaban J connectivity index is 2.82. The van der Waals surface area contributed by atoms with Crippen LogP contribution in [0.4, 0.5) is 0 Å². The molecule has 2 aromatic rings. The molecule has 0 fully saturated rings. The number of esters is 1. The van der Waals surface area contributed by atoms with E-state index >= 15 is 0 Å². The number of carbonyl (C=O) groups excluding carboxylic acids is 2. The monoisotopic (exact) mass is 276 g/mol. The molecule has 1 N–H and O–H groups in total. The van der Waals surface area contributed by atoms with Crippen molar-refractivity contribution in [1.29, 1.82) is 0 Å². The van der Waals surface area contributed by atoms with E-state index < -0.39 is 22.9 Å². The molecule has 20 heavy (non-hydrogen) atoms. The maximum Gasteiger partial charge on any atom is 0.308 e. The van der Waals surface area contributed by atoms with Crippen molar-refractivity contribution >= 4 is 22.7 Å². The van der Waals surface area contributed by atoms with Crippen molar-refractivity contribution in [3.05, 3.63) is 33.7 Å². The first-order chi connectivity index (χ1) is 9.31. The normalized spacial score (nSPS) is 10.6. The number of phenolic OH excluding ortho intramolecular Hbond substituents is 1. The first kappa shape index (κ1) is 13.8. The number of aryl methyl sites for hydroxylation is 1. The van der Waals surface area contributed by atoms with E-state index in [1.807, 2.05) is 0 Å². The Labute approximate surface area is 113 Å². The predicted octanol–water partition coefficient (Wildman–Crippen LogP) is 1.93. The molecule has 0 amide bonds. The van der Waals surface area contributed by atoms with Crippen molar-refractivity contribution in [2.45, 2.75) is 20.8 Å². The predicted molar refractivity (Wildman–Crippen MR) is 70.2 cm³/mol. The number of aromatic hydroxyl groups is 1. The minimum Gasteiger partial charge on any atom is -0.507 e. The van der Waals surface area contributed by atoms with E-state index in [0.29, 0.717) is 0 Å². The van der Waals surface area contributed by atoms with Crippen LogP contribution < -0.4 is 10.2 Å². The molecule has 0 spiro atoms. The van der Waals surface area contributed by atoms with Crippen molar-refractivity contribution in [2.75, 3.05) is 0 Å². The standard InChI is InChI=1S/C14H12O6/c1-6(15)12-7(2)19-11-5-9(20-8(3)16)4-10(17)13(11)14(12)18/h4-5,17H,1-3H3. The molecule has 0 saturated heterocycles. The molecule has 6 heteroatoms. The van der Waals surface area contributed by atoms with Crippen molar-refractivity contribution in [3.63, 3.8) is 0 Å². The number of benzene rings is 1. The quantitative estimate of drug-likeness (QED) is 0.511. The molecule has 0 atom stereocenters. The molecule has 1 heterocycles. The van der Waals surface area contributed by atoms with E-state index in [1.165, 1.54) is 26.8 Å². The van der Waals surface area contributed by atoms with Gasteiger partial charge in [0.25, 0.3) is 0 Å². The van der Waals surface area contributed by atoms with Crippen LogP contribution in [-0.2, 0) is 4.79 Å². The van der Waals surface area contributed by atoms with Crippen LogP contribution in [0, 0.1) is 6.92 Å². The summed E-state index contributed by atoms with van der Waals surface area (Å²) in [5.74, 6) is -1.21. The second kappa shape index (κ2) is 4.80. The molecule has 0 aliphatic heterocycles. The maximum atomic E-state index is 12.2. The summed E-state index contributed by atoms with van der Waals surface area (Å²) < 4.78 is 10.2. The summed E-state index contributed by atoms with van der Waals surface area (Å²) in [6, 6.07) is 2.44. The minimum atomic E-state index is -0.608. The van der Waals surface area contributed by atoms with Gasteiger partial charge < -0.3 is 14.3 Å². The molecular formula is C14H12O6. The lowest BCUT2D eigenvalue weighted by atomic mass is 10.1. The third-order valence-electron chi connectivity index (χ3n) is 2.74. The van der Waals surface area contributed by atoms with Gasteiger partial charge in [0.05, 0.1) is 0 Å². The molecule has 2 rings (SSSR count). The van der Waals surface area contributed by atoms with Gasteiger partial charge in [0.1, 0.15) is 33.8 Å². The SMILES string of the molecule is CC(=O)Oc1cc(O)c2c(=O)c(C(C)=O)c(C)oc2c1. The van der Waals surface area contributed by atoms with Crippen molar-refractivity contribution in [3.8, 4) is 11.5 Å². The number of rotatable bonds is 2. The summed E-state index contributed by atoms with van der Waals surface area (Å²) in [6.45, 7) is 3.93. The van der Waals surface area contributed by atoms with E-state index in [9.17, 15) is 19.5 Å². The molecule has 1 aromatic carbocycles. The van der Waals surface area contributed by atoms with E-state index in [-0.39, 0.29) is 28.0 Å². The van der Waals surface area contributed by atoms with Crippen LogP contribution in [0.1, 0.15) is 30.0 Å². The lowest BCUT2D eigenvalue weighted by Gasteiger charge is -2.07. The Kier molecular flexibility index (Phi) is 3.31. The summed E-state index contributed by atoms with van der Waals surface area (Å²) in [4.78, 5) is 34.5. The number of carbonyl (C=O) groups is 2. The van der Waals surface area contributed by atoms with E-state index in [2.05, 4.69) is 0 Å². The zero-order valence-corrected chi connectivity index (χ0v) is 11.1. The number of ketones is 1. The second-order valence-corrected chi connectivity index (χ2v) is 4.33. The fraction of sp³-hybridized carbons (Fsp3) is 0.214. The number of ether oxygens (including phenoxy) is 1. The topological polar surface area (TPSA) is 93.8 Å². The fourth-order valence-electron chi connectivity index (χ4n) is 2.02. The highest BCUT2D eigenvalue weighted by molar-refractivity contribution is 5.99. The Morgan fingerprint density at radius 1 is 1.25 bits per heavy atom. The van der Waals surface area contributed by atoms with Gasteiger partial charge in [-0.1, -0.05) is 0 Å². The van der Waals surface area contributed by atoms with Crippen LogP contribution in [0.25, 0.3) is 11.0 Å². The third-order valence-corrected chi connectivity index (χ3v) is 2.74. The van der Waals surface area contributed by atoms with Crippen LogP contribution in [0.2, 0.25) is 0 Å². The molecule has 0 saturated carbocycles. The number of hydrogen-bond acceptors (Lipinski definition) is 6. The Morgan fingerprint density at radius 2 is 1.90 bits per heavy atom. The highest BCUT2D eigenvalue weighted by atomic mass is 16.5. The molecule has 104 valence electrons. The third kappa shape index (κ3) is 2.27. The van der Waals surface area contributed by atoms with Gasteiger partial charge in [-0.25, -0.2) is 0 Å². The molecule has 6 nitrogen and oxygen atoms in total. The summed E-state index contributed by atoms with van der Waals surface area (Å²) in [5, 5.41) is 9.77. The van der Waals surface area contributed by atoms with Gasteiger partial charge in [-0.3, -0.25) is 14.4 Å². The molecule has 0 bridgehead atoms. The Bertz CT molecular complexity index is 784. The van der Waals surface area contributed by atoms with Crippen LogP contribution in [0.15, 0.2) is 21.3 Å². The highest BCUT2D eigenvalue weighted by Crippen LogP contribution is 2.29. The van der Waals surface area contributed by atoms with Gasteiger partial charge in [0.2, 0.25) is 5.43 Å². The average molecular weight is 276 g/mol. The summed E-state index contributed by atoms with van der Waals surface area (Å²) in [5.41, 5.74) is -0.662. The lowest BCUT2D eigenvalue weighted by molar-refractivity contribution is -0.131. The molecule has 0 radical (unpaired) electrons. The Hall–Kier alpha value is -2.63. The number of hydrogen-bond donors (Lipinski definition) is 1. The van der Waals surface area contributed by atoms with Crippen LogP contribution in [-0.4, -0.2) is 16.9 Å². The summed E-state index contributed by atoms with van der Waals surface area (Å²) in [6.07, 6.45) is 0. The molecule has 0 aliphatic rings. The van der Waals surface area contributed by atoms with E-state index in [0.717, 1.165) is 6.07 Å². The summed E-state index contributed by atoms with van der Waals surface area (Å²) >= 11 is 0. The van der Waals surface area contributed by atoms with Gasteiger partial charge in [-0.15, -0.1) is 0 Å². The molecular weight excluding hydrogens is 264 g/mol. The smallest absolute Gasteiger partial charge is 0.308 e. The second-order valence-electron chi connectivity index (χ2n) is 4.33. The first-order valence-electron chi connectivity index (χ1n) is 5.81. The van der Waals surface area contributed by atoms with Crippen molar-refractivity contribution < 1.29 is 23.8 Å². The van der Waals surface area contributed by atoms with Gasteiger partial charge in [0, 0.05) is 19.1 Å².